The average Bonchev–Trinajstić information content (AvgIpc) is 3.86. The largest absolute Gasteiger partial charge is 0.310 e. The van der Waals surface area contributed by atoms with Gasteiger partial charge in [-0.15, -0.1) is 0 Å². The number of para-hydroxylation sites is 1. The van der Waals surface area contributed by atoms with Crippen molar-refractivity contribution in [1.82, 2.24) is 0 Å². The summed E-state index contributed by atoms with van der Waals surface area (Å²) in [7, 11) is -2.81. The van der Waals surface area contributed by atoms with Gasteiger partial charge in [0.2, 0.25) is 0 Å². The van der Waals surface area contributed by atoms with E-state index in [2.05, 4.69) is 231 Å². The van der Waals surface area contributed by atoms with E-state index in [-0.39, 0.29) is 5.41 Å². The maximum absolute atomic E-state index is 2.81. The van der Waals surface area contributed by atoms with E-state index in [4.69, 9.17) is 0 Å². The van der Waals surface area contributed by atoms with Crippen molar-refractivity contribution in [3.05, 3.63) is 223 Å². The van der Waals surface area contributed by atoms with Gasteiger partial charge in [0.05, 0.1) is 5.69 Å². The van der Waals surface area contributed by atoms with Crippen molar-refractivity contribution in [3.8, 4) is 55.6 Å². The summed E-state index contributed by atoms with van der Waals surface area (Å²) >= 11 is 0. The molecular formula is C57H41NSi. The van der Waals surface area contributed by atoms with Crippen molar-refractivity contribution < 1.29 is 0 Å². The van der Waals surface area contributed by atoms with E-state index in [0.29, 0.717) is 0 Å². The fraction of sp³-hybridized carbons (Fsp3) is 0.0526. The first kappa shape index (κ1) is 34.1. The van der Waals surface area contributed by atoms with Gasteiger partial charge >= 0.3 is 0 Å². The van der Waals surface area contributed by atoms with E-state index in [0.717, 1.165) is 11.4 Å². The van der Waals surface area contributed by atoms with Gasteiger partial charge in [0.1, 0.15) is 0 Å². The van der Waals surface area contributed by atoms with Gasteiger partial charge in [-0.1, -0.05) is 196 Å². The van der Waals surface area contributed by atoms with E-state index in [1.165, 1.54) is 93.2 Å². The Hall–Kier alpha value is -7.00. The van der Waals surface area contributed by atoms with Crippen LogP contribution in [0.15, 0.2) is 212 Å². The topological polar surface area (TPSA) is 3.24 Å². The summed E-state index contributed by atoms with van der Waals surface area (Å²) < 4.78 is 0. The Bertz CT molecular complexity index is 3080. The zero-order valence-electron chi connectivity index (χ0n) is 33.2. The summed E-state index contributed by atoms with van der Waals surface area (Å²) in [6.45, 7) is 4.75. The van der Waals surface area contributed by atoms with E-state index in [9.17, 15) is 0 Å². The summed E-state index contributed by atoms with van der Waals surface area (Å²) in [6, 6.07) is 80.0. The first-order chi connectivity index (χ1) is 29.1. The van der Waals surface area contributed by atoms with Gasteiger partial charge in [-0.05, 0) is 112 Å². The van der Waals surface area contributed by atoms with Crippen LogP contribution in [0.3, 0.4) is 0 Å². The molecule has 12 rings (SSSR count). The highest BCUT2D eigenvalue weighted by molar-refractivity contribution is 7.24. The second kappa shape index (κ2) is 12.7. The summed E-state index contributed by atoms with van der Waals surface area (Å²) in [5.74, 6) is 0. The van der Waals surface area contributed by atoms with E-state index >= 15 is 0 Å². The second-order valence-electron chi connectivity index (χ2n) is 16.8. The molecule has 0 saturated carbocycles. The SMILES string of the molecule is CC1(C)c2ccccc2-c2ccc(N(c3ccccc3)c3cccc(-c4ccccc4)c3-c3cccc4c3[Si]3(c5ccccc5-c5ccccc53)c3ccccc3-4)cc21. The van der Waals surface area contributed by atoms with Gasteiger partial charge in [0.25, 0.3) is 0 Å². The number of nitrogens with zero attached hydrogens (tertiary/aromatic N) is 1. The number of anilines is 3. The normalized spacial score (nSPS) is 14.2. The Morgan fingerprint density at radius 2 is 0.847 bits per heavy atom. The fourth-order valence-electron chi connectivity index (χ4n) is 11.1. The van der Waals surface area contributed by atoms with Crippen LogP contribution in [0.5, 0.6) is 0 Å². The number of fused-ring (bicyclic) bond motifs is 13. The molecule has 2 aliphatic heterocycles. The van der Waals surface area contributed by atoms with Crippen molar-refractivity contribution in [3.63, 3.8) is 0 Å². The summed E-state index contributed by atoms with van der Waals surface area (Å²) in [5.41, 5.74) is 19.2. The molecule has 9 aromatic carbocycles. The minimum absolute atomic E-state index is 0.133. The predicted octanol–water partition coefficient (Wildman–Crippen LogP) is 12.1. The second-order valence-corrected chi connectivity index (χ2v) is 20.4. The molecule has 9 aromatic rings. The zero-order chi connectivity index (χ0) is 39.3. The maximum atomic E-state index is 2.52. The Balaban J connectivity index is 1.20. The highest BCUT2D eigenvalue weighted by Crippen LogP contribution is 2.52. The summed E-state index contributed by atoms with van der Waals surface area (Å²) in [4.78, 5) is 2.52. The minimum atomic E-state index is -2.81. The van der Waals surface area contributed by atoms with E-state index < -0.39 is 8.07 Å². The number of rotatable bonds is 5. The minimum Gasteiger partial charge on any atom is -0.310 e. The molecule has 0 saturated heterocycles. The quantitative estimate of drug-likeness (QED) is 0.158. The number of hydrogen-bond donors (Lipinski definition) is 0. The van der Waals surface area contributed by atoms with Crippen LogP contribution in [0.4, 0.5) is 17.1 Å². The number of benzene rings is 9. The van der Waals surface area contributed by atoms with Gasteiger partial charge in [-0.3, -0.25) is 0 Å². The highest BCUT2D eigenvalue weighted by Gasteiger charge is 2.55. The Labute approximate surface area is 347 Å². The van der Waals surface area contributed by atoms with Crippen molar-refractivity contribution in [2.45, 2.75) is 19.3 Å². The van der Waals surface area contributed by atoms with Crippen molar-refractivity contribution in [2.24, 2.45) is 0 Å². The molecule has 2 heteroatoms. The van der Waals surface area contributed by atoms with Gasteiger partial charge in [-0.25, -0.2) is 0 Å². The van der Waals surface area contributed by atoms with Gasteiger partial charge in [-0.2, -0.15) is 0 Å². The lowest BCUT2D eigenvalue weighted by Crippen LogP contribution is -2.71. The molecule has 0 fully saturated rings. The van der Waals surface area contributed by atoms with Crippen LogP contribution in [0, 0.1) is 0 Å². The van der Waals surface area contributed by atoms with Crippen LogP contribution >= 0.6 is 0 Å². The van der Waals surface area contributed by atoms with E-state index in [1.54, 1.807) is 0 Å². The molecule has 0 aromatic heterocycles. The Morgan fingerprint density at radius 3 is 1.53 bits per heavy atom. The van der Waals surface area contributed by atoms with Crippen molar-refractivity contribution in [1.29, 1.82) is 0 Å². The highest BCUT2D eigenvalue weighted by atomic mass is 28.3. The van der Waals surface area contributed by atoms with Crippen LogP contribution in [0.1, 0.15) is 25.0 Å². The standard InChI is InChI=1S/C57H41NSi/c1-57(2)49-30-13-9-23-42(49)43-36-35-40(37-50(43)57)58(39-21-7-4-8-22-39)51-31-18-27-41(38-19-5-3-6-20-38)55(51)48-29-17-28-47-46-26-12-16-34-54(46)59(56(47)48)52-32-14-10-24-44(52)45-25-11-15-33-53(45)59/h3-37H,1-2H3. The fourth-order valence-corrected chi connectivity index (χ4v) is 16.9. The van der Waals surface area contributed by atoms with E-state index in [1.807, 2.05) is 0 Å². The average molecular weight is 768 g/mol. The Morgan fingerprint density at radius 1 is 0.356 bits per heavy atom. The van der Waals surface area contributed by atoms with Crippen LogP contribution in [-0.4, -0.2) is 8.07 Å². The molecule has 2 heterocycles. The third kappa shape index (κ3) is 4.67. The molecule has 0 atom stereocenters. The molecule has 0 radical (unpaired) electrons. The summed E-state index contributed by atoms with van der Waals surface area (Å²) in [5, 5.41) is 5.94. The molecule has 278 valence electrons. The molecule has 1 spiro atoms. The predicted molar refractivity (Wildman–Crippen MR) is 251 cm³/mol. The van der Waals surface area contributed by atoms with Crippen molar-refractivity contribution >= 4 is 45.9 Å². The molecule has 3 aliphatic rings. The molecule has 0 amide bonds. The lowest BCUT2D eigenvalue weighted by Gasteiger charge is -2.33. The van der Waals surface area contributed by atoms with Crippen LogP contribution in [0.2, 0.25) is 0 Å². The molecular weight excluding hydrogens is 727 g/mol. The molecule has 0 N–H and O–H groups in total. The maximum Gasteiger partial charge on any atom is 0.182 e. The monoisotopic (exact) mass is 767 g/mol. The number of hydrogen-bond acceptors (Lipinski definition) is 1. The third-order valence-electron chi connectivity index (χ3n) is 13.5. The molecule has 59 heavy (non-hydrogen) atoms. The first-order valence-electron chi connectivity index (χ1n) is 20.8. The van der Waals surface area contributed by atoms with Crippen LogP contribution in [0.25, 0.3) is 55.6 Å². The van der Waals surface area contributed by atoms with Crippen LogP contribution < -0.4 is 25.6 Å². The molecule has 0 unspecified atom stereocenters. The molecule has 0 bridgehead atoms. The summed E-state index contributed by atoms with van der Waals surface area (Å²) in [6.07, 6.45) is 0. The first-order valence-corrected chi connectivity index (χ1v) is 22.8. The third-order valence-corrected chi connectivity index (χ3v) is 18.5. The Kier molecular flexibility index (Phi) is 7.36. The van der Waals surface area contributed by atoms with Crippen LogP contribution in [-0.2, 0) is 5.41 Å². The zero-order valence-corrected chi connectivity index (χ0v) is 34.2. The molecule has 1 aliphatic carbocycles. The van der Waals surface area contributed by atoms with Crippen molar-refractivity contribution in [2.75, 3.05) is 4.90 Å². The van der Waals surface area contributed by atoms with Gasteiger partial charge < -0.3 is 4.90 Å². The van der Waals surface area contributed by atoms with Gasteiger partial charge in [0, 0.05) is 22.4 Å². The van der Waals surface area contributed by atoms with Gasteiger partial charge in [0.15, 0.2) is 8.07 Å². The smallest absolute Gasteiger partial charge is 0.182 e. The molecule has 1 nitrogen and oxygen atoms in total. The lowest BCUT2D eigenvalue weighted by molar-refractivity contribution is 0.660. The lowest BCUT2D eigenvalue weighted by atomic mass is 9.82.